The van der Waals surface area contributed by atoms with Crippen LogP contribution in [0.1, 0.15) is 17.5 Å². The number of para-hydroxylation sites is 1. The Hall–Kier alpha value is -2.89. The normalized spacial score (nSPS) is 10.2. The highest BCUT2D eigenvalue weighted by molar-refractivity contribution is 5.96. The van der Waals surface area contributed by atoms with Gasteiger partial charge in [0.25, 0.3) is 0 Å². The third-order valence-corrected chi connectivity index (χ3v) is 3.89. The van der Waals surface area contributed by atoms with Crippen LogP contribution >= 0.6 is 0 Å². The third kappa shape index (κ3) is 5.91. The Morgan fingerprint density at radius 1 is 1.16 bits per heavy atom. The summed E-state index contributed by atoms with van der Waals surface area (Å²) in [6.07, 6.45) is 4.01. The molecule has 2 amide bonds. The summed E-state index contributed by atoms with van der Waals surface area (Å²) in [5.74, 6) is 0.210. The molecule has 0 saturated carbocycles. The Labute approximate surface area is 147 Å². The molecule has 0 spiro atoms. The lowest BCUT2D eigenvalue weighted by Gasteiger charge is -2.17. The first kappa shape index (κ1) is 18.4. The zero-order chi connectivity index (χ0) is 18.1. The van der Waals surface area contributed by atoms with Gasteiger partial charge in [0, 0.05) is 38.1 Å². The molecular weight excluding hydrogens is 318 g/mol. The Morgan fingerprint density at radius 3 is 2.60 bits per heavy atom. The smallest absolute Gasteiger partial charge is 0.231 e. The molecule has 0 aliphatic rings. The number of aromatic nitrogens is 1. The van der Waals surface area contributed by atoms with E-state index in [0.29, 0.717) is 18.8 Å². The van der Waals surface area contributed by atoms with Crippen molar-refractivity contribution in [2.75, 3.05) is 20.7 Å². The molecule has 0 aliphatic heterocycles. The SMILES string of the molecule is COc1ccccc1CNC(=O)CC(=O)N(C)CCc1ccncc1. The largest absolute Gasteiger partial charge is 0.496 e. The van der Waals surface area contributed by atoms with Crippen molar-refractivity contribution in [2.24, 2.45) is 0 Å². The van der Waals surface area contributed by atoms with E-state index in [1.807, 2.05) is 36.4 Å². The van der Waals surface area contributed by atoms with E-state index in [1.54, 1.807) is 31.5 Å². The molecule has 0 saturated heterocycles. The van der Waals surface area contributed by atoms with E-state index < -0.39 is 0 Å². The fourth-order valence-electron chi connectivity index (χ4n) is 2.35. The number of methoxy groups -OCH3 is 1. The average Bonchev–Trinajstić information content (AvgIpc) is 2.65. The van der Waals surface area contributed by atoms with Crippen molar-refractivity contribution in [1.82, 2.24) is 15.2 Å². The molecule has 25 heavy (non-hydrogen) atoms. The molecule has 1 N–H and O–H groups in total. The van der Waals surface area contributed by atoms with Gasteiger partial charge >= 0.3 is 0 Å². The molecule has 1 aromatic heterocycles. The topological polar surface area (TPSA) is 71.5 Å². The van der Waals surface area contributed by atoms with Gasteiger partial charge in [-0.25, -0.2) is 0 Å². The number of carbonyl (C=O) groups excluding carboxylic acids is 2. The second-order valence-corrected chi connectivity index (χ2v) is 5.69. The highest BCUT2D eigenvalue weighted by Gasteiger charge is 2.14. The van der Waals surface area contributed by atoms with Crippen molar-refractivity contribution in [3.05, 3.63) is 59.9 Å². The molecule has 0 atom stereocenters. The first-order valence-corrected chi connectivity index (χ1v) is 8.11. The van der Waals surface area contributed by atoms with Crippen LogP contribution in [0.3, 0.4) is 0 Å². The number of amides is 2. The van der Waals surface area contributed by atoms with Gasteiger partial charge in [0.1, 0.15) is 12.2 Å². The Morgan fingerprint density at radius 2 is 1.88 bits per heavy atom. The molecule has 2 aromatic rings. The molecule has 1 aromatic carbocycles. The number of hydrogen-bond donors (Lipinski definition) is 1. The van der Waals surface area contributed by atoms with E-state index in [9.17, 15) is 9.59 Å². The first-order valence-electron chi connectivity index (χ1n) is 8.11. The summed E-state index contributed by atoms with van der Waals surface area (Å²) in [7, 11) is 3.29. The monoisotopic (exact) mass is 341 g/mol. The van der Waals surface area contributed by atoms with Gasteiger partial charge < -0.3 is 15.0 Å². The molecule has 1 heterocycles. The molecule has 6 nitrogen and oxygen atoms in total. The number of nitrogens with zero attached hydrogens (tertiary/aromatic N) is 2. The summed E-state index contributed by atoms with van der Waals surface area (Å²) >= 11 is 0. The van der Waals surface area contributed by atoms with E-state index in [2.05, 4.69) is 10.3 Å². The second-order valence-electron chi connectivity index (χ2n) is 5.69. The zero-order valence-corrected chi connectivity index (χ0v) is 14.6. The Balaban J connectivity index is 1.76. The number of hydrogen-bond acceptors (Lipinski definition) is 4. The fraction of sp³-hybridized carbons (Fsp3) is 0.316. The third-order valence-electron chi connectivity index (χ3n) is 3.89. The fourth-order valence-corrected chi connectivity index (χ4v) is 2.35. The molecular formula is C19H23N3O3. The lowest BCUT2D eigenvalue weighted by Crippen LogP contribution is -2.34. The van der Waals surface area contributed by atoms with Crippen molar-refractivity contribution in [1.29, 1.82) is 0 Å². The van der Waals surface area contributed by atoms with Crippen LogP contribution in [0.25, 0.3) is 0 Å². The van der Waals surface area contributed by atoms with E-state index in [0.717, 1.165) is 17.5 Å². The summed E-state index contributed by atoms with van der Waals surface area (Å²) in [5, 5.41) is 2.76. The van der Waals surface area contributed by atoms with Crippen LogP contribution < -0.4 is 10.1 Å². The standard InChI is InChI=1S/C19H23N3O3/c1-22(12-9-15-7-10-20-11-8-15)19(24)13-18(23)21-14-16-5-3-4-6-17(16)25-2/h3-8,10-11H,9,12-14H2,1-2H3,(H,21,23). The minimum Gasteiger partial charge on any atom is -0.496 e. The van der Waals surface area contributed by atoms with Crippen LogP contribution in [-0.2, 0) is 22.6 Å². The maximum Gasteiger partial charge on any atom is 0.231 e. The highest BCUT2D eigenvalue weighted by Crippen LogP contribution is 2.16. The Kier molecular flexibility index (Phi) is 6.95. The van der Waals surface area contributed by atoms with Crippen molar-refractivity contribution < 1.29 is 14.3 Å². The maximum atomic E-state index is 12.1. The summed E-state index contributed by atoms with van der Waals surface area (Å²) in [5.41, 5.74) is 1.98. The van der Waals surface area contributed by atoms with Crippen LogP contribution in [-0.4, -0.2) is 42.4 Å². The van der Waals surface area contributed by atoms with Crippen LogP contribution in [0.4, 0.5) is 0 Å². The van der Waals surface area contributed by atoms with Crippen LogP contribution in [0.5, 0.6) is 5.75 Å². The van der Waals surface area contributed by atoms with Crippen molar-refractivity contribution in [2.45, 2.75) is 19.4 Å². The molecule has 6 heteroatoms. The van der Waals surface area contributed by atoms with Gasteiger partial charge in [-0.2, -0.15) is 0 Å². The van der Waals surface area contributed by atoms with E-state index in [1.165, 1.54) is 0 Å². The van der Waals surface area contributed by atoms with Crippen LogP contribution in [0.2, 0.25) is 0 Å². The quantitative estimate of drug-likeness (QED) is 0.743. The predicted octanol–water partition coefficient (Wildman–Crippen LogP) is 1.80. The van der Waals surface area contributed by atoms with Crippen molar-refractivity contribution >= 4 is 11.8 Å². The number of nitrogens with one attached hydrogen (secondary N) is 1. The number of rotatable bonds is 8. The first-order chi connectivity index (χ1) is 12.1. The highest BCUT2D eigenvalue weighted by atomic mass is 16.5. The minimum absolute atomic E-state index is 0.165. The van der Waals surface area contributed by atoms with Gasteiger partial charge in [0.15, 0.2) is 0 Å². The summed E-state index contributed by atoms with van der Waals surface area (Å²) < 4.78 is 5.24. The number of likely N-dealkylation sites (N-methyl/N-ethyl adjacent to an activating group) is 1. The van der Waals surface area contributed by atoms with Crippen LogP contribution in [0, 0.1) is 0 Å². The van der Waals surface area contributed by atoms with E-state index in [4.69, 9.17) is 4.74 Å². The van der Waals surface area contributed by atoms with Gasteiger partial charge in [0.2, 0.25) is 11.8 Å². The van der Waals surface area contributed by atoms with Crippen molar-refractivity contribution in [3.63, 3.8) is 0 Å². The van der Waals surface area contributed by atoms with E-state index >= 15 is 0 Å². The average molecular weight is 341 g/mol. The molecule has 0 unspecified atom stereocenters. The zero-order valence-electron chi connectivity index (χ0n) is 14.6. The van der Waals surface area contributed by atoms with Gasteiger partial charge in [-0.05, 0) is 30.2 Å². The van der Waals surface area contributed by atoms with Crippen LogP contribution in [0.15, 0.2) is 48.8 Å². The number of carbonyl (C=O) groups is 2. The number of benzene rings is 1. The lowest BCUT2D eigenvalue weighted by atomic mass is 10.2. The van der Waals surface area contributed by atoms with Gasteiger partial charge in [-0.1, -0.05) is 18.2 Å². The maximum absolute atomic E-state index is 12.1. The van der Waals surface area contributed by atoms with Gasteiger partial charge in [-0.15, -0.1) is 0 Å². The lowest BCUT2D eigenvalue weighted by molar-refractivity contribution is -0.135. The van der Waals surface area contributed by atoms with Gasteiger partial charge in [0.05, 0.1) is 7.11 Å². The molecule has 0 radical (unpaired) electrons. The number of ether oxygens (including phenoxy) is 1. The molecule has 0 fully saturated rings. The molecule has 2 rings (SSSR count). The molecule has 0 aliphatic carbocycles. The summed E-state index contributed by atoms with van der Waals surface area (Å²) in [6, 6.07) is 11.3. The van der Waals surface area contributed by atoms with Crippen molar-refractivity contribution in [3.8, 4) is 5.75 Å². The number of pyridine rings is 1. The van der Waals surface area contributed by atoms with E-state index in [-0.39, 0.29) is 18.2 Å². The molecule has 132 valence electrons. The molecule has 0 bridgehead atoms. The summed E-state index contributed by atoms with van der Waals surface area (Å²) in [4.78, 5) is 29.7. The minimum atomic E-state index is -0.299. The predicted molar refractivity (Wildman–Crippen MR) is 95.0 cm³/mol. The Bertz CT molecular complexity index is 704. The van der Waals surface area contributed by atoms with Gasteiger partial charge in [-0.3, -0.25) is 14.6 Å². The summed E-state index contributed by atoms with van der Waals surface area (Å²) in [6.45, 7) is 0.888. The second kappa shape index (κ2) is 9.42.